The fourth-order valence-corrected chi connectivity index (χ4v) is 5.85. The monoisotopic (exact) mass is 472 g/mol. The predicted octanol–water partition coefficient (Wildman–Crippen LogP) is 4.13. The Morgan fingerprint density at radius 1 is 1.03 bits per heavy atom. The molecule has 4 aromatic rings. The van der Waals surface area contributed by atoms with E-state index in [2.05, 4.69) is 62.4 Å². The molecule has 2 aliphatic rings. The first-order valence-electron chi connectivity index (χ1n) is 13.1. The number of nitrogens with zero attached hydrogens (tertiary/aromatic N) is 5. The number of aromatic amines is 1. The van der Waals surface area contributed by atoms with Gasteiger partial charge < -0.3 is 14.3 Å². The highest BCUT2D eigenvalue weighted by molar-refractivity contribution is 5.81. The minimum Gasteiger partial charge on any atom is -0.379 e. The highest BCUT2D eigenvalue weighted by Gasteiger charge is 2.26. The molecule has 7 heteroatoms. The predicted molar refractivity (Wildman–Crippen MR) is 140 cm³/mol. The van der Waals surface area contributed by atoms with Gasteiger partial charge in [-0.1, -0.05) is 13.0 Å². The molecular weight excluding hydrogens is 436 g/mol. The van der Waals surface area contributed by atoms with E-state index in [1.807, 2.05) is 12.3 Å². The lowest BCUT2D eigenvalue weighted by atomic mass is 10.0. The van der Waals surface area contributed by atoms with E-state index in [1.54, 1.807) is 0 Å². The van der Waals surface area contributed by atoms with Crippen molar-refractivity contribution in [1.82, 2.24) is 29.3 Å². The first-order chi connectivity index (χ1) is 17.2. The summed E-state index contributed by atoms with van der Waals surface area (Å²) < 4.78 is 7.80. The molecule has 1 aromatic carbocycles. The quantitative estimate of drug-likeness (QED) is 0.457. The van der Waals surface area contributed by atoms with Crippen molar-refractivity contribution in [1.29, 1.82) is 0 Å². The number of imidazole rings is 1. The summed E-state index contributed by atoms with van der Waals surface area (Å²) in [6, 6.07) is 11.9. The van der Waals surface area contributed by atoms with E-state index in [4.69, 9.17) is 9.72 Å². The smallest absolute Gasteiger partial charge is 0.160 e. The van der Waals surface area contributed by atoms with Crippen LogP contribution in [0.3, 0.4) is 0 Å². The van der Waals surface area contributed by atoms with Gasteiger partial charge in [-0.2, -0.15) is 0 Å². The molecule has 0 bridgehead atoms. The Morgan fingerprint density at radius 3 is 2.66 bits per heavy atom. The van der Waals surface area contributed by atoms with E-state index < -0.39 is 0 Å². The molecule has 6 rings (SSSR count). The molecule has 0 unspecified atom stereocenters. The second kappa shape index (κ2) is 9.72. The third-order valence-corrected chi connectivity index (χ3v) is 7.83. The number of nitrogens with one attached hydrogen (secondary N) is 1. The number of H-pyrrole nitrogens is 1. The molecule has 0 saturated carbocycles. The van der Waals surface area contributed by atoms with Crippen molar-refractivity contribution >= 4 is 22.1 Å². The molecule has 184 valence electrons. The van der Waals surface area contributed by atoms with Crippen molar-refractivity contribution in [3.05, 3.63) is 59.2 Å². The van der Waals surface area contributed by atoms with Crippen LogP contribution in [0, 0.1) is 6.92 Å². The van der Waals surface area contributed by atoms with Gasteiger partial charge in [0.05, 0.1) is 19.8 Å². The number of aromatic nitrogens is 4. The summed E-state index contributed by atoms with van der Waals surface area (Å²) >= 11 is 0. The van der Waals surface area contributed by atoms with Crippen LogP contribution in [0.5, 0.6) is 0 Å². The zero-order valence-corrected chi connectivity index (χ0v) is 21.0. The first-order valence-corrected chi connectivity index (χ1v) is 13.1. The molecule has 7 nitrogen and oxygen atoms in total. The van der Waals surface area contributed by atoms with Crippen molar-refractivity contribution in [2.45, 2.75) is 52.2 Å². The zero-order chi connectivity index (χ0) is 23.8. The highest BCUT2D eigenvalue weighted by atomic mass is 16.5. The molecule has 0 atom stereocenters. The summed E-state index contributed by atoms with van der Waals surface area (Å²) in [7, 11) is 0. The average Bonchev–Trinajstić information content (AvgIpc) is 3.46. The second-order valence-corrected chi connectivity index (χ2v) is 10.1. The van der Waals surface area contributed by atoms with Gasteiger partial charge in [0.15, 0.2) is 5.65 Å². The van der Waals surface area contributed by atoms with Crippen molar-refractivity contribution in [3.8, 4) is 0 Å². The van der Waals surface area contributed by atoms with Crippen LogP contribution in [0.15, 0.2) is 36.5 Å². The molecular formula is C28H36N6O. The van der Waals surface area contributed by atoms with Gasteiger partial charge in [-0.05, 0) is 55.2 Å². The Bertz CT molecular complexity index is 1310. The molecule has 2 fully saturated rings. The molecule has 0 amide bonds. The van der Waals surface area contributed by atoms with Gasteiger partial charge in [-0.25, -0.2) is 9.97 Å². The van der Waals surface area contributed by atoms with Gasteiger partial charge >= 0.3 is 0 Å². The maximum atomic E-state index is 5.53. The van der Waals surface area contributed by atoms with Crippen molar-refractivity contribution in [2.75, 3.05) is 39.4 Å². The minimum absolute atomic E-state index is 0.728. The van der Waals surface area contributed by atoms with Crippen LogP contribution in [-0.2, 0) is 24.2 Å². The lowest BCUT2D eigenvalue weighted by molar-refractivity contribution is 0.000154. The Labute approximate surface area is 207 Å². The first kappa shape index (κ1) is 22.7. The summed E-state index contributed by atoms with van der Waals surface area (Å²) in [4.78, 5) is 18.4. The van der Waals surface area contributed by atoms with Crippen LogP contribution in [0.4, 0.5) is 0 Å². The normalized spacial score (nSPS) is 18.7. The standard InChI is InChI=1S/C28H36N6O/c1-3-26-31-27-20(2)6-9-29-28(27)34(26)18-21-4-5-25-22(16-21)17-23(30-25)19-32-10-7-24(8-11-32)33-12-14-35-15-13-33/h4-6,9,16-17,24,30H,3,7-8,10-15,18-19H2,1-2H3. The lowest BCUT2D eigenvalue weighted by Crippen LogP contribution is -2.48. The third-order valence-electron chi connectivity index (χ3n) is 7.83. The largest absolute Gasteiger partial charge is 0.379 e. The van der Waals surface area contributed by atoms with E-state index in [0.29, 0.717) is 0 Å². The van der Waals surface area contributed by atoms with Crippen LogP contribution >= 0.6 is 0 Å². The average molecular weight is 473 g/mol. The van der Waals surface area contributed by atoms with Crippen LogP contribution < -0.4 is 0 Å². The Morgan fingerprint density at radius 2 is 1.86 bits per heavy atom. The highest BCUT2D eigenvalue weighted by Crippen LogP contribution is 2.24. The summed E-state index contributed by atoms with van der Waals surface area (Å²) in [5, 5.41) is 1.28. The number of aryl methyl sites for hydroxylation is 2. The Kier molecular flexibility index (Phi) is 6.31. The number of piperidine rings is 1. The molecule has 1 N–H and O–H groups in total. The van der Waals surface area contributed by atoms with Crippen LogP contribution in [0.1, 0.15) is 42.4 Å². The van der Waals surface area contributed by atoms with E-state index >= 15 is 0 Å². The number of morpholine rings is 1. The molecule has 35 heavy (non-hydrogen) atoms. The minimum atomic E-state index is 0.728. The van der Waals surface area contributed by atoms with Crippen LogP contribution in [0.25, 0.3) is 22.1 Å². The summed E-state index contributed by atoms with van der Waals surface area (Å²) in [6.45, 7) is 12.4. The molecule has 0 aliphatic carbocycles. The topological polar surface area (TPSA) is 62.2 Å². The summed E-state index contributed by atoms with van der Waals surface area (Å²) in [5.74, 6) is 1.09. The van der Waals surface area contributed by atoms with E-state index in [0.717, 1.165) is 68.8 Å². The number of fused-ring (bicyclic) bond motifs is 2. The van der Waals surface area contributed by atoms with Gasteiger partial charge in [0.25, 0.3) is 0 Å². The zero-order valence-electron chi connectivity index (χ0n) is 21.0. The van der Waals surface area contributed by atoms with E-state index in [-0.39, 0.29) is 0 Å². The fourth-order valence-electron chi connectivity index (χ4n) is 5.85. The van der Waals surface area contributed by atoms with Gasteiger partial charge in [-0.15, -0.1) is 0 Å². The Hall–Kier alpha value is -2.74. The van der Waals surface area contributed by atoms with Gasteiger partial charge in [0, 0.05) is 68.0 Å². The van der Waals surface area contributed by atoms with Crippen molar-refractivity contribution in [2.24, 2.45) is 0 Å². The van der Waals surface area contributed by atoms with Gasteiger partial charge in [-0.3, -0.25) is 9.80 Å². The number of hydrogen-bond donors (Lipinski definition) is 1. The van der Waals surface area contributed by atoms with Crippen LogP contribution in [0.2, 0.25) is 0 Å². The maximum absolute atomic E-state index is 5.53. The Balaban J connectivity index is 1.15. The number of benzene rings is 1. The number of rotatable bonds is 6. The van der Waals surface area contributed by atoms with E-state index in [9.17, 15) is 0 Å². The van der Waals surface area contributed by atoms with Crippen molar-refractivity contribution < 1.29 is 4.74 Å². The fraction of sp³-hybridized carbons (Fsp3) is 0.500. The second-order valence-electron chi connectivity index (χ2n) is 10.1. The summed E-state index contributed by atoms with van der Waals surface area (Å²) in [6.07, 6.45) is 5.31. The molecule has 0 spiro atoms. The molecule has 2 aliphatic heterocycles. The van der Waals surface area contributed by atoms with Gasteiger partial charge in [0.2, 0.25) is 0 Å². The number of pyridine rings is 1. The van der Waals surface area contributed by atoms with E-state index in [1.165, 1.54) is 53.7 Å². The molecule has 2 saturated heterocycles. The van der Waals surface area contributed by atoms with Crippen LogP contribution in [-0.4, -0.2) is 74.8 Å². The summed E-state index contributed by atoms with van der Waals surface area (Å²) in [5.41, 5.74) is 6.99. The maximum Gasteiger partial charge on any atom is 0.160 e. The van der Waals surface area contributed by atoms with Crippen molar-refractivity contribution in [3.63, 3.8) is 0 Å². The van der Waals surface area contributed by atoms with Gasteiger partial charge in [0.1, 0.15) is 11.3 Å². The molecule has 5 heterocycles. The molecule has 0 radical (unpaired) electrons. The number of likely N-dealkylation sites (tertiary alicyclic amines) is 1. The molecule has 3 aromatic heterocycles. The number of hydrogen-bond acceptors (Lipinski definition) is 5. The lowest BCUT2D eigenvalue weighted by Gasteiger charge is -2.40. The number of ether oxygens (including phenoxy) is 1. The SMILES string of the molecule is CCc1nc2c(C)ccnc2n1Cc1ccc2[nH]c(CN3CCC(N4CCOCC4)CC3)cc2c1. The third kappa shape index (κ3) is 4.60.